The van der Waals surface area contributed by atoms with Gasteiger partial charge in [-0.15, -0.1) is 0 Å². The third-order valence-electron chi connectivity index (χ3n) is 2.46. The van der Waals surface area contributed by atoms with Gasteiger partial charge < -0.3 is 9.84 Å². The van der Waals surface area contributed by atoms with Crippen LogP contribution >= 0.6 is 0 Å². The molecule has 0 radical (unpaired) electrons. The van der Waals surface area contributed by atoms with Crippen LogP contribution in [0.5, 0.6) is 11.5 Å². The maximum Gasteiger partial charge on any atom is 0.127 e. The van der Waals surface area contributed by atoms with E-state index in [2.05, 4.69) is 0 Å². The summed E-state index contributed by atoms with van der Waals surface area (Å²) in [5.74, 6) is 0.990. The number of hydrogen-bond donors (Lipinski definition) is 1. The number of benzene rings is 2. The topological polar surface area (TPSA) is 29.5 Å². The minimum Gasteiger partial charge on any atom is -0.507 e. The Hall–Kier alpha value is -1.70. The molecular formula is C12H12O2. The number of aryl methyl sites for hydroxylation is 1. The third kappa shape index (κ3) is 1.20. The summed E-state index contributed by atoms with van der Waals surface area (Å²) in [6.45, 7) is 1.99. The minimum absolute atomic E-state index is 0.267. The van der Waals surface area contributed by atoms with E-state index in [1.54, 1.807) is 13.2 Å². The van der Waals surface area contributed by atoms with Crippen LogP contribution < -0.4 is 4.74 Å². The second-order valence-corrected chi connectivity index (χ2v) is 3.27. The molecule has 2 nitrogen and oxygen atoms in total. The monoisotopic (exact) mass is 188 g/mol. The Labute approximate surface area is 82.8 Å². The zero-order valence-electron chi connectivity index (χ0n) is 8.24. The van der Waals surface area contributed by atoms with E-state index in [4.69, 9.17) is 4.74 Å². The van der Waals surface area contributed by atoms with Gasteiger partial charge in [-0.2, -0.15) is 0 Å². The molecule has 2 aromatic rings. The van der Waals surface area contributed by atoms with Crippen LogP contribution in [-0.4, -0.2) is 12.2 Å². The average Bonchev–Trinajstić information content (AvgIpc) is 2.23. The van der Waals surface area contributed by atoms with Gasteiger partial charge in [-0.3, -0.25) is 0 Å². The second-order valence-electron chi connectivity index (χ2n) is 3.27. The second kappa shape index (κ2) is 3.22. The number of rotatable bonds is 1. The first-order valence-corrected chi connectivity index (χ1v) is 4.49. The van der Waals surface area contributed by atoms with Crippen molar-refractivity contribution in [3.63, 3.8) is 0 Å². The highest BCUT2D eigenvalue weighted by Gasteiger charge is 2.07. The molecule has 0 saturated carbocycles. The highest BCUT2D eigenvalue weighted by molar-refractivity contribution is 5.92. The molecule has 0 aromatic heterocycles. The summed E-state index contributed by atoms with van der Waals surface area (Å²) in [4.78, 5) is 0. The number of ether oxygens (including phenoxy) is 1. The minimum atomic E-state index is 0.267. The van der Waals surface area contributed by atoms with Gasteiger partial charge in [-0.1, -0.05) is 24.3 Å². The van der Waals surface area contributed by atoms with E-state index in [1.165, 1.54) is 0 Å². The first kappa shape index (κ1) is 8.88. The van der Waals surface area contributed by atoms with E-state index in [1.807, 2.05) is 31.2 Å². The molecule has 72 valence electrons. The highest BCUT2D eigenvalue weighted by atomic mass is 16.5. The van der Waals surface area contributed by atoms with Gasteiger partial charge in [0.2, 0.25) is 0 Å². The summed E-state index contributed by atoms with van der Waals surface area (Å²) in [6, 6.07) is 9.39. The molecule has 2 heteroatoms. The Bertz CT molecular complexity index is 475. The largest absolute Gasteiger partial charge is 0.507 e. The van der Waals surface area contributed by atoms with Crippen LogP contribution in [-0.2, 0) is 0 Å². The number of phenols is 1. The molecule has 14 heavy (non-hydrogen) atoms. The van der Waals surface area contributed by atoms with Crippen LogP contribution in [0.15, 0.2) is 30.3 Å². The zero-order valence-corrected chi connectivity index (χ0v) is 8.24. The van der Waals surface area contributed by atoms with Gasteiger partial charge >= 0.3 is 0 Å². The summed E-state index contributed by atoms with van der Waals surface area (Å²) in [7, 11) is 1.61. The number of hydrogen-bond acceptors (Lipinski definition) is 2. The molecule has 1 N–H and O–H groups in total. The lowest BCUT2D eigenvalue weighted by Gasteiger charge is -2.09. The smallest absolute Gasteiger partial charge is 0.127 e. The fourth-order valence-corrected chi connectivity index (χ4v) is 1.69. The summed E-state index contributed by atoms with van der Waals surface area (Å²) in [5.41, 5.74) is 1.06. The predicted octanol–water partition coefficient (Wildman–Crippen LogP) is 2.86. The third-order valence-corrected chi connectivity index (χ3v) is 2.46. The molecule has 0 aliphatic heterocycles. The maximum atomic E-state index is 9.73. The Morgan fingerprint density at radius 2 is 1.79 bits per heavy atom. The van der Waals surface area contributed by atoms with Crippen molar-refractivity contribution < 1.29 is 9.84 Å². The summed E-state index contributed by atoms with van der Waals surface area (Å²) in [5, 5.41) is 11.6. The van der Waals surface area contributed by atoms with Crippen molar-refractivity contribution in [2.75, 3.05) is 7.11 Å². The SMILES string of the molecule is COc1cc(O)c2ccccc2c1C. The molecule has 0 saturated heterocycles. The molecule has 0 unspecified atom stereocenters. The van der Waals surface area contributed by atoms with Crippen LogP contribution in [0.1, 0.15) is 5.56 Å². The molecular weight excluding hydrogens is 176 g/mol. The van der Waals surface area contributed by atoms with Gasteiger partial charge in [0, 0.05) is 11.5 Å². The number of aromatic hydroxyl groups is 1. The maximum absolute atomic E-state index is 9.73. The number of methoxy groups -OCH3 is 1. The van der Waals surface area contributed by atoms with E-state index in [0.29, 0.717) is 0 Å². The summed E-state index contributed by atoms with van der Waals surface area (Å²) >= 11 is 0. The average molecular weight is 188 g/mol. The van der Waals surface area contributed by atoms with Crippen molar-refractivity contribution in [1.82, 2.24) is 0 Å². The highest BCUT2D eigenvalue weighted by Crippen LogP contribution is 2.33. The zero-order chi connectivity index (χ0) is 10.1. The number of fused-ring (bicyclic) bond motifs is 1. The molecule has 0 aliphatic carbocycles. The van der Waals surface area contributed by atoms with E-state index in [0.717, 1.165) is 22.1 Å². The molecule has 0 atom stereocenters. The quantitative estimate of drug-likeness (QED) is 0.745. The van der Waals surface area contributed by atoms with Crippen molar-refractivity contribution in [2.45, 2.75) is 6.92 Å². The molecule has 0 aliphatic rings. The van der Waals surface area contributed by atoms with Crippen LogP contribution in [0.2, 0.25) is 0 Å². The lowest BCUT2D eigenvalue weighted by atomic mass is 10.0. The van der Waals surface area contributed by atoms with Gasteiger partial charge in [0.1, 0.15) is 11.5 Å². The van der Waals surface area contributed by atoms with E-state index in [9.17, 15) is 5.11 Å². The van der Waals surface area contributed by atoms with Gasteiger partial charge in [-0.25, -0.2) is 0 Å². The van der Waals surface area contributed by atoms with Crippen LogP contribution in [0.3, 0.4) is 0 Å². The van der Waals surface area contributed by atoms with Crippen LogP contribution in [0, 0.1) is 6.92 Å². The normalized spacial score (nSPS) is 10.4. The van der Waals surface area contributed by atoms with Crippen molar-refractivity contribution in [3.8, 4) is 11.5 Å². The van der Waals surface area contributed by atoms with Crippen molar-refractivity contribution in [2.24, 2.45) is 0 Å². The van der Waals surface area contributed by atoms with Gasteiger partial charge in [0.05, 0.1) is 7.11 Å². The molecule has 0 spiro atoms. The Morgan fingerprint density at radius 1 is 1.14 bits per heavy atom. The molecule has 0 amide bonds. The van der Waals surface area contributed by atoms with Gasteiger partial charge in [-0.05, 0) is 17.9 Å². The molecule has 0 heterocycles. The van der Waals surface area contributed by atoms with Crippen molar-refractivity contribution >= 4 is 10.8 Å². The molecule has 2 rings (SSSR count). The predicted molar refractivity (Wildman–Crippen MR) is 56.9 cm³/mol. The van der Waals surface area contributed by atoms with E-state index >= 15 is 0 Å². The molecule has 0 bridgehead atoms. The molecule has 2 aromatic carbocycles. The standard InChI is InChI=1S/C12H12O2/c1-8-9-5-3-4-6-10(9)11(13)7-12(8)14-2/h3-7,13H,1-2H3. The van der Waals surface area contributed by atoms with E-state index < -0.39 is 0 Å². The lowest BCUT2D eigenvalue weighted by molar-refractivity contribution is 0.406. The van der Waals surface area contributed by atoms with Crippen molar-refractivity contribution in [1.29, 1.82) is 0 Å². The first-order valence-electron chi connectivity index (χ1n) is 4.49. The summed E-state index contributed by atoms with van der Waals surface area (Å²) < 4.78 is 5.17. The number of phenolic OH excluding ortho intramolecular Hbond substituents is 1. The van der Waals surface area contributed by atoms with Crippen LogP contribution in [0.4, 0.5) is 0 Å². The Kier molecular flexibility index (Phi) is 2.04. The van der Waals surface area contributed by atoms with Gasteiger partial charge in [0.25, 0.3) is 0 Å². The van der Waals surface area contributed by atoms with Crippen LogP contribution in [0.25, 0.3) is 10.8 Å². The van der Waals surface area contributed by atoms with Crippen molar-refractivity contribution in [3.05, 3.63) is 35.9 Å². The Morgan fingerprint density at radius 3 is 2.43 bits per heavy atom. The first-order chi connectivity index (χ1) is 6.74. The van der Waals surface area contributed by atoms with Gasteiger partial charge in [0.15, 0.2) is 0 Å². The summed E-state index contributed by atoms with van der Waals surface area (Å²) in [6.07, 6.45) is 0. The fraction of sp³-hybridized carbons (Fsp3) is 0.167. The Balaban J connectivity index is 2.87. The van der Waals surface area contributed by atoms with E-state index in [-0.39, 0.29) is 5.75 Å². The molecule has 0 fully saturated rings. The fourth-order valence-electron chi connectivity index (χ4n) is 1.69. The lowest BCUT2D eigenvalue weighted by Crippen LogP contribution is -1.88.